The lowest BCUT2D eigenvalue weighted by atomic mass is 9.97. The van der Waals surface area contributed by atoms with Crippen molar-refractivity contribution in [3.63, 3.8) is 0 Å². The van der Waals surface area contributed by atoms with Crippen LogP contribution in [-0.2, 0) is 4.79 Å². The number of hydrogen-bond acceptors (Lipinski definition) is 7. The number of rotatable bonds is 10. The zero-order chi connectivity index (χ0) is 29.3. The van der Waals surface area contributed by atoms with Gasteiger partial charge in [-0.3, -0.25) is 19.3 Å². The number of piperidine rings is 1. The Balaban J connectivity index is 1.03. The first kappa shape index (κ1) is 29.7. The molecule has 0 unspecified atom stereocenters. The third kappa shape index (κ3) is 7.72. The summed E-state index contributed by atoms with van der Waals surface area (Å²) in [5, 5.41) is 2.86. The number of hydrogen-bond donors (Lipinski definition) is 0. The van der Waals surface area contributed by atoms with Crippen molar-refractivity contribution >= 4 is 35.0 Å². The molecule has 1 aromatic heterocycles. The van der Waals surface area contributed by atoms with Crippen molar-refractivity contribution in [3.8, 4) is 5.75 Å². The lowest BCUT2D eigenvalue weighted by molar-refractivity contribution is -0.132. The number of ether oxygens (including phenoxy) is 1. The van der Waals surface area contributed by atoms with Gasteiger partial charge >= 0.3 is 0 Å². The molecule has 2 amide bonds. The van der Waals surface area contributed by atoms with Gasteiger partial charge in [-0.2, -0.15) is 0 Å². The van der Waals surface area contributed by atoms with Gasteiger partial charge in [0, 0.05) is 75.5 Å². The molecule has 2 aromatic carbocycles. The summed E-state index contributed by atoms with van der Waals surface area (Å²) in [6, 6.07) is 17.2. The summed E-state index contributed by atoms with van der Waals surface area (Å²) >= 11 is 1.55. The molecule has 0 radical (unpaired) electrons. The van der Waals surface area contributed by atoms with Gasteiger partial charge in [0.2, 0.25) is 5.91 Å². The Labute approximate surface area is 251 Å². The van der Waals surface area contributed by atoms with Crippen LogP contribution in [0.5, 0.6) is 5.75 Å². The Hall–Kier alpha value is -3.82. The standard InChI is InChI=1S/C33H38N4O4S/c1-41-28-11-9-26(10-12-28)30(38)13-14-31(39)36-18-15-27(16-19-36)32-34-29(24-42-32)33(40)37-22-20-35(21-23-37)17-5-8-25-6-3-2-4-7-25/h2-12,24,27H,13-23H2,1H3/b8-5-. The molecule has 220 valence electrons. The topological polar surface area (TPSA) is 83.0 Å². The average Bonchev–Trinajstić information content (AvgIpc) is 3.55. The molecule has 0 aliphatic carbocycles. The van der Waals surface area contributed by atoms with E-state index in [1.54, 1.807) is 42.7 Å². The van der Waals surface area contributed by atoms with Gasteiger partial charge in [0.15, 0.2) is 5.78 Å². The van der Waals surface area contributed by atoms with E-state index in [1.807, 2.05) is 33.4 Å². The van der Waals surface area contributed by atoms with Crippen molar-refractivity contribution in [1.29, 1.82) is 0 Å². The summed E-state index contributed by atoms with van der Waals surface area (Å²) in [5.41, 5.74) is 2.32. The van der Waals surface area contributed by atoms with Crippen molar-refractivity contribution in [2.75, 3.05) is 52.9 Å². The Morgan fingerprint density at radius 2 is 1.62 bits per heavy atom. The van der Waals surface area contributed by atoms with Crippen LogP contribution < -0.4 is 4.74 Å². The summed E-state index contributed by atoms with van der Waals surface area (Å²) in [6.07, 6.45) is 6.35. The first-order valence-electron chi connectivity index (χ1n) is 14.6. The van der Waals surface area contributed by atoms with Crippen LogP contribution in [0.25, 0.3) is 6.08 Å². The molecule has 2 fully saturated rings. The predicted molar refractivity (Wildman–Crippen MR) is 165 cm³/mol. The van der Waals surface area contributed by atoms with Gasteiger partial charge in [-0.1, -0.05) is 42.5 Å². The SMILES string of the molecule is COc1ccc(C(=O)CCC(=O)N2CCC(c3nc(C(=O)N4CCN(C/C=C\c5ccccc5)CC4)cs3)CC2)cc1. The van der Waals surface area contributed by atoms with E-state index in [1.165, 1.54) is 5.56 Å². The molecule has 8 nitrogen and oxygen atoms in total. The number of amides is 2. The van der Waals surface area contributed by atoms with E-state index in [4.69, 9.17) is 9.72 Å². The number of aromatic nitrogens is 1. The lowest BCUT2D eigenvalue weighted by Gasteiger charge is -2.33. The summed E-state index contributed by atoms with van der Waals surface area (Å²) in [7, 11) is 1.58. The number of carbonyl (C=O) groups is 3. The van der Waals surface area contributed by atoms with Crippen LogP contribution in [0.1, 0.15) is 63.0 Å². The molecule has 0 bridgehead atoms. The number of nitrogens with zero attached hydrogens (tertiary/aromatic N) is 4. The first-order chi connectivity index (χ1) is 20.5. The quantitative estimate of drug-likeness (QED) is 0.311. The largest absolute Gasteiger partial charge is 0.497 e. The smallest absolute Gasteiger partial charge is 0.273 e. The lowest BCUT2D eigenvalue weighted by Crippen LogP contribution is -2.48. The molecule has 9 heteroatoms. The van der Waals surface area contributed by atoms with E-state index >= 15 is 0 Å². The summed E-state index contributed by atoms with van der Waals surface area (Å²) in [5.74, 6) is 0.923. The van der Waals surface area contributed by atoms with Gasteiger partial charge in [-0.05, 0) is 42.7 Å². The molecule has 2 aliphatic heterocycles. The number of likely N-dealkylation sites (tertiary alicyclic amines) is 1. The highest BCUT2D eigenvalue weighted by atomic mass is 32.1. The highest BCUT2D eigenvalue weighted by Gasteiger charge is 2.28. The van der Waals surface area contributed by atoms with Gasteiger partial charge in [-0.15, -0.1) is 11.3 Å². The Morgan fingerprint density at radius 3 is 2.31 bits per heavy atom. The molecule has 42 heavy (non-hydrogen) atoms. The normalized spacial score (nSPS) is 16.6. The van der Waals surface area contributed by atoms with Crippen molar-refractivity contribution < 1.29 is 19.1 Å². The number of ketones is 1. The monoisotopic (exact) mass is 586 g/mol. The maximum atomic E-state index is 13.2. The van der Waals surface area contributed by atoms with Crippen molar-refractivity contribution in [2.24, 2.45) is 0 Å². The molecule has 0 spiro atoms. The van der Waals surface area contributed by atoms with Crippen LogP contribution in [0.4, 0.5) is 0 Å². The number of carbonyl (C=O) groups excluding carboxylic acids is 3. The number of thiazole rings is 1. The fourth-order valence-corrected chi connectivity index (χ4v) is 6.41. The molecule has 0 saturated carbocycles. The third-order valence-electron chi connectivity index (χ3n) is 8.05. The summed E-state index contributed by atoms with van der Waals surface area (Å²) in [6.45, 7) is 5.25. The zero-order valence-corrected chi connectivity index (χ0v) is 24.9. The number of piperazine rings is 1. The second-order valence-electron chi connectivity index (χ2n) is 10.8. The van der Waals surface area contributed by atoms with Crippen LogP contribution in [0.2, 0.25) is 0 Å². The highest BCUT2D eigenvalue weighted by molar-refractivity contribution is 7.09. The second kappa shape index (κ2) is 14.4. The van der Waals surface area contributed by atoms with E-state index in [0.717, 1.165) is 37.5 Å². The molecule has 0 atom stereocenters. The van der Waals surface area contributed by atoms with Gasteiger partial charge in [-0.25, -0.2) is 4.98 Å². The maximum Gasteiger partial charge on any atom is 0.273 e. The minimum atomic E-state index is -0.0396. The average molecular weight is 587 g/mol. The Morgan fingerprint density at radius 1 is 0.905 bits per heavy atom. The first-order valence-corrected chi connectivity index (χ1v) is 15.5. The van der Waals surface area contributed by atoms with Gasteiger partial charge in [0.25, 0.3) is 5.91 Å². The van der Waals surface area contributed by atoms with Gasteiger partial charge in [0.05, 0.1) is 12.1 Å². The maximum absolute atomic E-state index is 13.2. The van der Waals surface area contributed by atoms with Crippen LogP contribution in [0.15, 0.2) is 66.1 Å². The van der Waals surface area contributed by atoms with Crippen molar-refractivity contribution in [2.45, 2.75) is 31.6 Å². The fraction of sp³-hybridized carbons (Fsp3) is 0.394. The predicted octanol–water partition coefficient (Wildman–Crippen LogP) is 4.99. The molecule has 2 aliphatic rings. The van der Waals surface area contributed by atoms with Crippen molar-refractivity contribution in [1.82, 2.24) is 19.7 Å². The molecule has 0 N–H and O–H groups in total. The van der Waals surface area contributed by atoms with Crippen LogP contribution in [-0.4, -0.2) is 90.2 Å². The van der Waals surface area contributed by atoms with E-state index < -0.39 is 0 Å². The highest BCUT2D eigenvalue weighted by Crippen LogP contribution is 2.31. The van der Waals surface area contributed by atoms with E-state index in [2.05, 4.69) is 29.2 Å². The van der Waals surface area contributed by atoms with E-state index in [9.17, 15) is 14.4 Å². The molecule has 2 saturated heterocycles. The minimum Gasteiger partial charge on any atom is -0.497 e. The van der Waals surface area contributed by atoms with Crippen LogP contribution in [0, 0.1) is 0 Å². The summed E-state index contributed by atoms with van der Waals surface area (Å²) in [4.78, 5) is 49.3. The molecule has 3 heterocycles. The molecular formula is C33H38N4O4S. The fourth-order valence-electron chi connectivity index (χ4n) is 5.45. The number of benzene rings is 2. The van der Waals surface area contributed by atoms with E-state index in [-0.39, 0.29) is 36.4 Å². The van der Waals surface area contributed by atoms with Gasteiger partial charge in [0.1, 0.15) is 11.4 Å². The Kier molecular flexibility index (Phi) is 10.2. The second-order valence-corrected chi connectivity index (χ2v) is 11.7. The van der Waals surface area contributed by atoms with E-state index in [0.29, 0.717) is 43.2 Å². The third-order valence-corrected chi connectivity index (χ3v) is 9.06. The summed E-state index contributed by atoms with van der Waals surface area (Å²) < 4.78 is 5.13. The van der Waals surface area contributed by atoms with Crippen molar-refractivity contribution in [3.05, 3.63) is 87.9 Å². The van der Waals surface area contributed by atoms with Gasteiger partial charge < -0.3 is 14.5 Å². The number of Topliss-reactive ketones (excluding diaryl/α,β-unsaturated/α-hetero) is 1. The zero-order valence-electron chi connectivity index (χ0n) is 24.1. The minimum absolute atomic E-state index is 0.00567. The Bertz CT molecular complexity index is 1370. The number of methoxy groups -OCH3 is 1. The molecule has 5 rings (SSSR count). The van der Waals surface area contributed by atoms with Crippen LogP contribution in [0.3, 0.4) is 0 Å². The molecular weight excluding hydrogens is 548 g/mol. The van der Waals surface area contributed by atoms with Crippen LogP contribution >= 0.6 is 11.3 Å². The molecule has 3 aromatic rings.